The molecule has 5 heteroatoms. The van der Waals surface area contributed by atoms with Gasteiger partial charge in [-0.1, -0.05) is 17.7 Å². The number of carbonyl (C=O) groups is 2. The Labute approximate surface area is 108 Å². The first-order valence-electron chi connectivity index (χ1n) is 5.59. The highest BCUT2D eigenvalue weighted by Gasteiger charge is 2.58. The van der Waals surface area contributed by atoms with Crippen molar-refractivity contribution in [3.05, 3.63) is 41.1 Å². The van der Waals surface area contributed by atoms with Gasteiger partial charge in [0.05, 0.1) is 11.1 Å². The van der Waals surface area contributed by atoms with Crippen LogP contribution in [0.1, 0.15) is 18.4 Å². The van der Waals surface area contributed by atoms with Crippen molar-refractivity contribution in [3.8, 4) is 0 Å². The smallest absolute Gasteiger partial charge is 0.329 e. The van der Waals surface area contributed by atoms with Crippen LogP contribution in [0.5, 0.6) is 0 Å². The van der Waals surface area contributed by atoms with E-state index < -0.39 is 11.4 Å². The Morgan fingerprint density at radius 2 is 2.17 bits per heavy atom. The van der Waals surface area contributed by atoms with Gasteiger partial charge in [0.2, 0.25) is 5.91 Å². The van der Waals surface area contributed by atoms with Crippen LogP contribution in [0, 0.1) is 0 Å². The van der Waals surface area contributed by atoms with E-state index in [0.717, 1.165) is 24.5 Å². The largest absolute Gasteiger partial charge is 0.478 e. The van der Waals surface area contributed by atoms with Crippen molar-refractivity contribution in [3.63, 3.8) is 0 Å². The number of amides is 1. The van der Waals surface area contributed by atoms with E-state index in [1.807, 2.05) is 6.07 Å². The molecular weight excluding hydrogens is 254 g/mol. The average Bonchev–Trinajstić information content (AvgIpc) is 3.06. The van der Waals surface area contributed by atoms with Crippen molar-refractivity contribution >= 4 is 29.2 Å². The molecule has 1 aromatic carbocycles. The number of hydrogen-bond acceptors (Lipinski definition) is 2. The third kappa shape index (κ3) is 1.46. The van der Waals surface area contributed by atoms with Crippen molar-refractivity contribution in [1.29, 1.82) is 0 Å². The summed E-state index contributed by atoms with van der Waals surface area (Å²) in [6.45, 7) is 0. The molecule has 1 aromatic rings. The van der Waals surface area contributed by atoms with Crippen LogP contribution in [0.4, 0.5) is 5.69 Å². The molecule has 1 aliphatic heterocycles. The molecular formula is C13H10ClNO3. The summed E-state index contributed by atoms with van der Waals surface area (Å²) in [5.41, 5.74) is 1.22. The zero-order valence-electron chi connectivity index (χ0n) is 9.39. The van der Waals surface area contributed by atoms with E-state index >= 15 is 0 Å². The second kappa shape index (κ2) is 3.59. The van der Waals surface area contributed by atoms with Crippen LogP contribution in [-0.4, -0.2) is 17.0 Å². The van der Waals surface area contributed by atoms with Crippen LogP contribution in [0.25, 0.3) is 0 Å². The van der Waals surface area contributed by atoms with Crippen LogP contribution in [-0.2, 0) is 15.0 Å². The molecule has 1 amide bonds. The normalized spacial score (nSPS) is 19.6. The highest BCUT2D eigenvalue weighted by molar-refractivity contribution is 6.31. The molecule has 0 unspecified atom stereocenters. The van der Waals surface area contributed by atoms with Crippen LogP contribution < -0.4 is 4.90 Å². The van der Waals surface area contributed by atoms with Gasteiger partial charge in [-0.05, 0) is 30.5 Å². The molecule has 3 rings (SSSR count). The van der Waals surface area contributed by atoms with Gasteiger partial charge in [-0.2, -0.15) is 0 Å². The van der Waals surface area contributed by atoms with Gasteiger partial charge in [-0.15, -0.1) is 0 Å². The van der Waals surface area contributed by atoms with Gasteiger partial charge < -0.3 is 5.11 Å². The topological polar surface area (TPSA) is 57.6 Å². The van der Waals surface area contributed by atoms with Gasteiger partial charge >= 0.3 is 5.97 Å². The first-order valence-corrected chi connectivity index (χ1v) is 5.97. The minimum atomic E-state index is -1.08. The second-order valence-electron chi connectivity index (χ2n) is 4.57. The summed E-state index contributed by atoms with van der Waals surface area (Å²) >= 11 is 5.93. The molecule has 0 aromatic heterocycles. The quantitative estimate of drug-likeness (QED) is 0.833. The maximum atomic E-state index is 12.3. The number of fused-ring (bicyclic) bond motifs is 2. The number of aliphatic carboxylic acids is 1. The summed E-state index contributed by atoms with van der Waals surface area (Å²) in [4.78, 5) is 24.3. The van der Waals surface area contributed by atoms with E-state index in [1.165, 1.54) is 11.1 Å². The number of carbonyl (C=O) groups excluding carboxylic acids is 1. The summed E-state index contributed by atoms with van der Waals surface area (Å²) in [5, 5.41) is 9.19. The third-order valence-corrected chi connectivity index (χ3v) is 3.71. The van der Waals surface area contributed by atoms with Crippen LogP contribution in [0.2, 0.25) is 5.02 Å². The molecule has 1 aliphatic carbocycles. The Morgan fingerprint density at radius 1 is 1.44 bits per heavy atom. The molecule has 0 atom stereocenters. The maximum absolute atomic E-state index is 12.3. The van der Waals surface area contributed by atoms with Crippen LogP contribution >= 0.6 is 11.6 Å². The summed E-state index contributed by atoms with van der Waals surface area (Å²) in [6.07, 6.45) is 3.90. The van der Waals surface area contributed by atoms with Gasteiger partial charge in [0.1, 0.15) is 0 Å². The van der Waals surface area contributed by atoms with Crippen molar-refractivity contribution in [2.75, 3.05) is 4.90 Å². The van der Waals surface area contributed by atoms with Crippen molar-refractivity contribution in [2.45, 2.75) is 18.3 Å². The molecule has 1 fully saturated rings. The van der Waals surface area contributed by atoms with E-state index in [2.05, 4.69) is 0 Å². The Balaban J connectivity index is 2.10. The fourth-order valence-electron chi connectivity index (χ4n) is 2.46. The zero-order valence-corrected chi connectivity index (χ0v) is 10.1. The van der Waals surface area contributed by atoms with Gasteiger partial charge in [-0.3, -0.25) is 9.69 Å². The molecule has 4 nitrogen and oxygen atoms in total. The lowest BCUT2D eigenvalue weighted by Gasteiger charge is -2.11. The minimum absolute atomic E-state index is 0.0581. The number of carboxylic acids is 1. The van der Waals surface area contributed by atoms with E-state index in [1.54, 1.807) is 12.1 Å². The van der Waals surface area contributed by atoms with Gasteiger partial charge in [0, 0.05) is 17.3 Å². The van der Waals surface area contributed by atoms with Gasteiger partial charge in [0.15, 0.2) is 0 Å². The zero-order chi connectivity index (χ0) is 12.9. The Morgan fingerprint density at radius 3 is 2.78 bits per heavy atom. The molecule has 1 saturated carbocycles. The predicted molar refractivity (Wildman–Crippen MR) is 66.6 cm³/mol. The maximum Gasteiger partial charge on any atom is 0.329 e. The monoisotopic (exact) mass is 263 g/mol. The highest BCUT2D eigenvalue weighted by Crippen LogP contribution is 2.57. The van der Waals surface area contributed by atoms with Crippen molar-refractivity contribution in [2.24, 2.45) is 0 Å². The Hall–Kier alpha value is -1.81. The molecule has 1 spiro atoms. The molecule has 18 heavy (non-hydrogen) atoms. The lowest BCUT2D eigenvalue weighted by molar-refractivity contribution is -0.131. The third-order valence-electron chi connectivity index (χ3n) is 3.48. The molecule has 0 saturated heterocycles. The number of hydrogen-bond donors (Lipinski definition) is 1. The summed E-state index contributed by atoms with van der Waals surface area (Å²) in [5.74, 6) is -1.14. The molecule has 1 N–H and O–H groups in total. The van der Waals surface area contributed by atoms with E-state index in [4.69, 9.17) is 16.7 Å². The summed E-state index contributed by atoms with van der Waals surface area (Å²) in [7, 11) is 0. The van der Waals surface area contributed by atoms with Crippen molar-refractivity contribution < 1.29 is 14.7 Å². The van der Waals surface area contributed by atoms with Gasteiger partial charge in [0.25, 0.3) is 0 Å². The molecule has 0 bridgehead atoms. The number of nitrogens with zero attached hydrogens (tertiary/aromatic N) is 1. The second-order valence-corrected chi connectivity index (χ2v) is 5.01. The number of benzene rings is 1. The van der Waals surface area contributed by atoms with Crippen molar-refractivity contribution in [1.82, 2.24) is 0 Å². The van der Waals surface area contributed by atoms with E-state index in [0.29, 0.717) is 10.7 Å². The first kappa shape index (κ1) is 11.3. The molecule has 1 heterocycles. The highest BCUT2D eigenvalue weighted by atomic mass is 35.5. The molecule has 0 radical (unpaired) electrons. The average molecular weight is 264 g/mol. The lowest BCUT2D eigenvalue weighted by atomic mass is 9.98. The summed E-state index contributed by atoms with van der Waals surface area (Å²) < 4.78 is 0. The SMILES string of the molecule is O=C(O)/C=C/N1C(=O)C2(CC2)c2ccc(Cl)cc21. The predicted octanol–water partition coefficient (Wildman–Crippen LogP) is 2.32. The molecule has 2 aliphatic rings. The minimum Gasteiger partial charge on any atom is -0.478 e. The number of rotatable bonds is 2. The number of halogens is 1. The number of carboxylic acid groups (broad SMARTS) is 1. The fraction of sp³-hybridized carbons (Fsp3) is 0.231. The molecule has 92 valence electrons. The number of anilines is 1. The standard InChI is InChI=1S/C13H10ClNO3/c14-8-1-2-9-10(7-8)15(6-3-11(16)17)12(18)13(9)4-5-13/h1-3,6-7H,4-5H2,(H,16,17)/b6-3+. The first-order chi connectivity index (χ1) is 8.54. The van der Waals surface area contributed by atoms with E-state index in [-0.39, 0.29) is 5.91 Å². The fourth-order valence-corrected chi connectivity index (χ4v) is 2.62. The van der Waals surface area contributed by atoms with Crippen LogP contribution in [0.3, 0.4) is 0 Å². The Bertz CT molecular complexity index is 590. The Kier molecular flexibility index (Phi) is 2.25. The summed E-state index contributed by atoms with van der Waals surface area (Å²) in [6, 6.07) is 5.32. The van der Waals surface area contributed by atoms with Gasteiger partial charge in [-0.25, -0.2) is 4.79 Å². The van der Waals surface area contributed by atoms with E-state index in [9.17, 15) is 9.59 Å². The van der Waals surface area contributed by atoms with Crippen LogP contribution in [0.15, 0.2) is 30.5 Å². The lowest BCUT2D eigenvalue weighted by Crippen LogP contribution is -2.27.